The Balaban J connectivity index is 0.000000184. The van der Waals surface area contributed by atoms with Crippen LogP contribution in [0.15, 0.2) is 180 Å². The van der Waals surface area contributed by atoms with Crippen LogP contribution in [-0.4, -0.2) is 134 Å². The second-order valence-electron chi connectivity index (χ2n) is 20.7. The zero-order chi connectivity index (χ0) is 71.6. The number of carbonyl (C=O) groups is 3. The number of nitrogen functional groups attached to an aromatic ring is 1. The molecule has 0 aliphatic rings. The molecule has 0 atom stereocenters. The fourth-order valence-corrected chi connectivity index (χ4v) is 10.3. The summed E-state index contributed by atoms with van der Waals surface area (Å²) < 4.78 is 2.31. The number of halogens is 6. The summed E-state index contributed by atoms with van der Waals surface area (Å²) in [6.07, 6.45) is 9.18. The number of aromatic amines is 2. The molecule has 0 spiro atoms. The van der Waals surface area contributed by atoms with E-state index in [9.17, 15) is 19.2 Å². The van der Waals surface area contributed by atoms with Gasteiger partial charge in [0.05, 0.1) is 42.3 Å². The summed E-state index contributed by atoms with van der Waals surface area (Å²) in [6.45, 7) is 0.907. The Hall–Kier alpha value is -11.9. The van der Waals surface area contributed by atoms with Crippen LogP contribution in [0.5, 0.6) is 0 Å². The molecule has 0 saturated carbocycles. The number of hydrogen-bond acceptors (Lipinski definition) is 24. The summed E-state index contributed by atoms with van der Waals surface area (Å²) in [4.78, 5) is 113. The Morgan fingerprint density at radius 2 is 1.03 bits per heavy atom. The van der Waals surface area contributed by atoms with Gasteiger partial charge in [-0.15, -0.1) is 39.9 Å². The van der Waals surface area contributed by atoms with E-state index >= 15 is 0 Å². The Morgan fingerprint density at radius 3 is 1.45 bits per heavy atom. The van der Waals surface area contributed by atoms with Crippen molar-refractivity contribution < 1.29 is 29.4 Å². The van der Waals surface area contributed by atoms with Gasteiger partial charge in [0, 0.05) is 79.3 Å². The molecule has 6 aromatic carbocycles. The predicted octanol–water partition coefficient (Wildman–Crippen LogP) is 11.9. The minimum atomic E-state index is -0.461. The van der Waals surface area contributed by atoms with Crippen molar-refractivity contribution >= 4 is 178 Å². The number of aryl methyl sites for hydroxylation is 1. The van der Waals surface area contributed by atoms with Crippen LogP contribution in [0.3, 0.4) is 0 Å². The number of alkyl halides is 3. The maximum atomic E-state index is 13.0. The van der Waals surface area contributed by atoms with Crippen molar-refractivity contribution in [3.8, 4) is 0 Å². The Labute approximate surface area is 606 Å². The first-order valence-corrected chi connectivity index (χ1v) is 32.5. The normalized spacial score (nSPS) is 10.5. The molecular formula is C65H55Cl6N24O7+. The number of nitrogens with two attached hydrogens (primary N) is 1. The highest BCUT2D eigenvalue weighted by atomic mass is 35.5. The van der Waals surface area contributed by atoms with Gasteiger partial charge >= 0.3 is 18.4 Å². The average molecular weight is 1500 g/mol. The Morgan fingerprint density at radius 1 is 0.569 bits per heavy atom. The van der Waals surface area contributed by atoms with E-state index in [0.717, 1.165) is 65.6 Å². The zero-order valence-electron chi connectivity index (χ0n) is 52.8. The van der Waals surface area contributed by atoms with Crippen molar-refractivity contribution in [3.05, 3.63) is 230 Å². The molecule has 13 rings (SSSR count). The molecule has 10 N–H and O–H groups in total. The van der Waals surface area contributed by atoms with Crippen LogP contribution in [0, 0.1) is 5.39 Å². The monoisotopic (exact) mass is 1490 g/mol. The summed E-state index contributed by atoms with van der Waals surface area (Å²) in [5.41, 5.74) is 15.7. The van der Waals surface area contributed by atoms with Gasteiger partial charge in [0.2, 0.25) is 5.39 Å². The van der Waals surface area contributed by atoms with E-state index in [2.05, 4.69) is 102 Å². The molecule has 0 saturated heterocycles. The first kappa shape index (κ1) is 75.9. The number of carbonyl (C=O) groups excluding carboxylic acids is 5. The summed E-state index contributed by atoms with van der Waals surface area (Å²) in [7, 11) is 0. The number of benzene rings is 6. The topological polar surface area (TPSA) is 444 Å². The number of anilines is 8. The van der Waals surface area contributed by atoms with Crippen LogP contribution in [0.25, 0.3) is 43.3 Å². The van der Waals surface area contributed by atoms with Gasteiger partial charge in [0.1, 0.15) is 65.0 Å². The molecule has 518 valence electrons. The molecule has 37 heteroatoms. The third-order valence-electron chi connectivity index (χ3n) is 13.9. The molecular weight excluding hydrogens is 1440 g/mol. The Kier molecular flexibility index (Phi) is 28.2. The zero-order valence-corrected chi connectivity index (χ0v) is 57.4. The molecule has 102 heavy (non-hydrogen) atoms. The highest BCUT2D eigenvalue weighted by Crippen LogP contribution is 2.30. The van der Waals surface area contributed by atoms with Gasteiger partial charge in [0.25, 0.3) is 0 Å². The fourth-order valence-electron chi connectivity index (χ4n) is 9.45. The molecule has 0 bridgehead atoms. The smallest absolute Gasteiger partial charge is 0.373 e. The van der Waals surface area contributed by atoms with E-state index in [0.29, 0.717) is 80.1 Å². The van der Waals surface area contributed by atoms with Crippen LogP contribution in [0.1, 0.15) is 48.2 Å². The molecule has 0 fully saturated rings. The van der Waals surface area contributed by atoms with E-state index in [4.69, 9.17) is 90.3 Å². The lowest BCUT2D eigenvalue weighted by Gasteiger charge is -2.10. The van der Waals surface area contributed by atoms with E-state index in [-0.39, 0.29) is 77.8 Å². The number of fused-ring (bicyclic) bond motifs is 4. The van der Waals surface area contributed by atoms with E-state index < -0.39 is 5.69 Å². The van der Waals surface area contributed by atoms with Gasteiger partial charge in [-0.1, -0.05) is 81.6 Å². The lowest BCUT2D eigenvalue weighted by Crippen LogP contribution is -2.30. The largest absolute Gasteiger partial charge is 0.412 e. The van der Waals surface area contributed by atoms with Gasteiger partial charge in [0.15, 0.2) is 40.3 Å². The third kappa shape index (κ3) is 20.6. The van der Waals surface area contributed by atoms with Crippen LogP contribution in [-0.2, 0) is 35.4 Å². The SMILES string of the molecule is N#[N+]CCCl.Nc1nc[nH]c1C(=O)Cc1ccc2ncnc(Nc3cccc(Cl)c3)c2c1.O.O=C(Cc1ccc2ncnc(Nc3cccc(Cl)c3)c2c1)c1[nH]cnc1NN=NCCCl.O=C(Cc1ccc2ncnc(Nc3cccc(Cl)c3)c2c1)c1ncn2c(=O)n(CCCl)nnc12.O=C=O. The lowest BCUT2D eigenvalue weighted by molar-refractivity contribution is -0.191. The van der Waals surface area contributed by atoms with Gasteiger partial charge < -0.3 is 37.1 Å². The van der Waals surface area contributed by atoms with Gasteiger partial charge in [-0.25, -0.2) is 59.5 Å². The average Bonchev–Trinajstić information content (AvgIpc) is 1.29. The number of nitrogens with zero attached hydrogens (tertiary/aromatic N) is 17. The predicted molar refractivity (Wildman–Crippen MR) is 388 cm³/mol. The highest BCUT2D eigenvalue weighted by molar-refractivity contribution is 6.31. The molecule has 0 aliphatic heterocycles. The minimum absolute atomic E-state index is 0. The van der Waals surface area contributed by atoms with Crippen LogP contribution in [0.4, 0.5) is 46.2 Å². The number of Topliss-reactive ketones (excluding diaryl/α,β-unsaturated/α-hetero) is 3. The van der Waals surface area contributed by atoms with Crippen molar-refractivity contribution in [2.45, 2.75) is 25.8 Å². The van der Waals surface area contributed by atoms with E-state index in [1.807, 2.05) is 97.1 Å². The number of hydrogen-bond donors (Lipinski definition) is 7. The molecule has 7 aromatic heterocycles. The summed E-state index contributed by atoms with van der Waals surface area (Å²) in [5, 5.41) is 37.0. The van der Waals surface area contributed by atoms with Crippen LogP contribution < -0.4 is 32.8 Å². The minimum Gasteiger partial charge on any atom is -0.412 e. The Bertz CT molecular complexity index is 5260. The molecule has 31 nitrogen and oxygen atoms in total. The molecule has 7 heterocycles. The van der Waals surface area contributed by atoms with Crippen molar-refractivity contribution in [1.82, 2.24) is 74.2 Å². The molecule has 0 amide bonds. The molecule has 0 aliphatic carbocycles. The first-order chi connectivity index (χ1) is 49.1. The number of aromatic nitrogens is 15. The van der Waals surface area contributed by atoms with Crippen molar-refractivity contribution in [2.24, 2.45) is 10.3 Å². The summed E-state index contributed by atoms with van der Waals surface area (Å²) in [6, 6.07) is 38.7. The quantitative estimate of drug-likeness (QED) is 0.0109. The number of imidazole rings is 3. The van der Waals surface area contributed by atoms with Crippen LogP contribution >= 0.6 is 69.6 Å². The number of diazo groups is 1. The summed E-state index contributed by atoms with van der Waals surface area (Å²) in [5.74, 6) is 2.73. The first-order valence-electron chi connectivity index (χ1n) is 29.7. The van der Waals surface area contributed by atoms with Gasteiger partial charge in [-0.3, -0.25) is 14.4 Å². The third-order valence-corrected chi connectivity index (χ3v) is 15.1. The second kappa shape index (κ2) is 37.9. The van der Waals surface area contributed by atoms with Crippen molar-refractivity contribution in [2.75, 3.05) is 57.8 Å². The molecule has 0 unspecified atom stereocenters. The van der Waals surface area contributed by atoms with E-state index in [1.54, 1.807) is 30.3 Å². The maximum Gasteiger partial charge on any atom is 0.373 e. The van der Waals surface area contributed by atoms with Crippen molar-refractivity contribution in [1.29, 1.82) is 5.39 Å². The standard InChI is InChI=1S/C22H16Cl2N8O2.C21H18Cl2N8O.C19H15ClN6O.C2H4ClN2.CO2.H2O/c23-6-7-32-22(34)31-12-27-19(21(31)29-30-32)18(33)9-13-4-5-17-16(8-13)20(26-11-25-17)28-15-3-1-2-14(24)10-15;22-6-7-28-31-30-21-19(25-12-27-21)18(32)9-13-4-5-17-16(8-13)20(26-11-24-17)29-15-3-1-2-14(23)10-15;20-12-2-1-3-13(8-12)26-19-14-6-11(4-5-15(14)22-9-25-19)7-16(27)17-18(21)24-10-23-17;3-1-2-5-4;2-1-3;/h1-5,8,10-12H,6-7,9H2,(H,25,26,28);1-5,8,10-12H,6-7,9H2,(H,25,27)(H,28,30)(H,24,26,29);1-6,8-10H,7,21H2,(H,23,24)(H,22,25,26);1-2H2;;1H2/q;;;+1;;. The van der Waals surface area contributed by atoms with E-state index in [1.165, 1.54) is 42.4 Å². The maximum absolute atomic E-state index is 13.0. The second-order valence-corrected chi connectivity index (χ2v) is 23.1. The highest BCUT2D eigenvalue weighted by Gasteiger charge is 2.21. The summed E-state index contributed by atoms with van der Waals surface area (Å²) >= 11 is 34.5. The fraction of sp³-hybridized carbons (Fsp3) is 0.138. The molecule has 13 aromatic rings. The number of ketones is 3. The number of nitrogens with one attached hydrogen (secondary N) is 6. The number of rotatable bonds is 22. The van der Waals surface area contributed by atoms with Gasteiger partial charge in [-0.2, -0.15) is 19.4 Å². The van der Waals surface area contributed by atoms with Crippen LogP contribution in [0.2, 0.25) is 15.1 Å². The molecule has 0 radical (unpaired) electrons. The van der Waals surface area contributed by atoms with Crippen molar-refractivity contribution in [3.63, 3.8) is 0 Å². The number of H-pyrrole nitrogens is 2. The van der Waals surface area contributed by atoms with Gasteiger partial charge in [-0.05, 0) is 108 Å². The lowest BCUT2D eigenvalue weighted by atomic mass is 10.0.